The highest BCUT2D eigenvalue weighted by Gasteiger charge is 2.26. The first-order valence-corrected chi connectivity index (χ1v) is 24.7. The Morgan fingerprint density at radius 1 is 0.527 bits per heavy atom. The Hall–Kier alpha value is -1.25. The lowest BCUT2D eigenvalue weighted by atomic mass is 10.0. The molecule has 326 valence electrons. The first-order valence-electron chi connectivity index (χ1n) is 23.2. The summed E-state index contributed by atoms with van der Waals surface area (Å²) in [6.45, 7) is 3.76. The molecule has 0 aliphatic heterocycles. The normalized spacial score (nSPS) is 13.3. The van der Waals surface area contributed by atoms with Crippen molar-refractivity contribution in [1.82, 2.24) is 0 Å². The molecule has 0 aromatic carbocycles. The summed E-state index contributed by atoms with van der Waals surface area (Å²) >= 11 is 0. The summed E-state index contributed by atoms with van der Waals surface area (Å²) in [6, 6.07) is 0. The molecule has 0 fully saturated rings. The Morgan fingerprint density at radius 3 is 1.29 bits per heavy atom. The summed E-state index contributed by atoms with van der Waals surface area (Å²) in [6.07, 6.45) is 43.8. The largest absolute Gasteiger partial charge is 0.472 e. The Bertz CT molecular complexity index is 917. The molecule has 2 unspecified atom stereocenters. The van der Waals surface area contributed by atoms with Crippen LogP contribution in [0.2, 0.25) is 0 Å². The standard InChI is InChI=1S/C45H88NO8P/c1-3-5-7-9-11-13-15-17-19-21-23-25-27-29-31-33-35-37-44(47)51-41-43(42-53-55(49,50)52-40-39-46)54-45(48)38-36-34-32-30-28-26-24-22-20-18-16-14-12-10-8-6-4-2/h18,20,43H,3-17,19,21-42,46H2,1-2H3,(H,49,50). The molecule has 9 nitrogen and oxygen atoms in total. The summed E-state index contributed by atoms with van der Waals surface area (Å²) in [5.41, 5.74) is 5.35. The van der Waals surface area contributed by atoms with Crippen LogP contribution in [-0.2, 0) is 32.7 Å². The second-order valence-electron chi connectivity index (χ2n) is 15.6. The minimum Gasteiger partial charge on any atom is -0.462 e. The van der Waals surface area contributed by atoms with E-state index in [0.29, 0.717) is 6.42 Å². The molecule has 3 N–H and O–H groups in total. The van der Waals surface area contributed by atoms with Crippen LogP contribution in [0.25, 0.3) is 0 Å². The molecule has 0 heterocycles. The number of esters is 2. The van der Waals surface area contributed by atoms with Crippen molar-refractivity contribution >= 4 is 19.8 Å². The average molecular weight is 802 g/mol. The van der Waals surface area contributed by atoms with E-state index in [0.717, 1.165) is 44.9 Å². The number of allylic oxidation sites excluding steroid dienone is 2. The lowest BCUT2D eigenvalue weighted by Crippen LogP contribution is -2.29. The van der Waals surface area contributed by atoms with Crippen molar-refractivity contribution in [2.45, 2.75) is 238 Å². The molecule has 0 saturated carbocycles. The molecule has 0 amide bonds. The van der Waals surface area contributed by atoms with E-state index in [1.807, 2.05) is 0 Å². The highest BCUT2D eigenvalue weighted by Crippen LogP contribution is 2.43. The fraction of sp³-hybridized carbons (Fsp3) is 0.911. The molecule has 0 aromatic rings. The lowest BCUT2D eigenvalue weighted by Gasteiger charge is -2.19. The van der Waals surface area contributed by atoms with Crippen molar-refractivity contribution in [3.05, 3.63) is 12.2 Å². The van der Waals surface area contributed by atoms with Gasteiger partial charge in [-0.3, -0.25) is 18.6 Å². The van der Waals surface area contributed by atoms with Crippen LogP contribution in [0.5, 0.6) is 0 Å². The third-order valence-electron chi connectivity index (χ3n) is 10.2. The molecule has 55 heavy (non-hydrogen) atoms. The molecule has 10 heteroatoms. The van der Waals surface area contributed by atoms with Gasteiger partial charge in [0.05, 0.1) is 13.2 Å². The van der Waals surface area contributed by atoms with E-state index >= 15 is 0 Å². The Kier molecular flexibility index (Phi) is 41.4. The van der Waals surface area contributed by atoms with Gasteiger partial charge < -0.3 is 20.1 Å². The first kappa shape index (κ1) is 53.8. The minimum atomic E-state index is -4.37. The summed E-state index contributed by atoms with van der Waals surface area (Å²) in [5.74, 6) is -0.820. The van der Waals surface area contributed by atoms with Crippen LogP contribution >= 0.6 is 7.82 Å². The molecular weight excluding hydrogens is 713 g/mol. The van der Waals surface area contributed by atoms with E-state index in [9.17, 15) is 19.0 Å². The fourth-order valence-corrected chi connectivity index (χ4v) is 7.45. The minimum absolute atomic E-state index is 0.0556. The molecule has 0 radical (unpaired) electrons. The van der Waals surface area contributed by atoms with Gasteiger partial charge in [-0.25, -0.2) is 4.57 Å². The molecule has 0 bridgehead atoms. The van der Waals surface area contributed by atoms with Crippen LogP contribution in [0.1, 0.15) is 232 Å². The number of nitrogens with two attached hydrogens (primary N) is 1. The quantitative estimate of drug-likeness (QED) is 0.0267. The molecule has 0 saturated heterocycles. The van der Waals surface area contributed by atoms with E-state index in [1.54, 1.807) is 0 Å². The van der Waals surface area contributed by atoms with E-state index in [2.05, 4.69) is 26.0 Å². The average Bonchev–Trinajstić information content (AvgIpc) is 3.17. The molecule has 0 spiro atoms. The topological polar surface area (TPSA) is 134 Å². The second kappa shape index (κ2) is 42.4. The predicted molar refractivity (Wildman–Crippen MR) is 229 cm³/mol. The van der Waals surface area contributed by atoms with E-state index in [-0.39, 0.29) is 38.6 Å². The number of carbonyl (C=O) groups is 2. The van der Waals surface area contributed by atoms with Crippen LogP contribution in [0, 0.1) is 0 Å². The Morgan fingerprint density at radius 2 is 0.891 bits per heavy atom. The lowest BCUT2D eigenvalue weighted by molar-refractivity contribution is -0.161. The number of hydrogen-bond donors (Lipinski definition) is 2. The van der Waals surface area contributed by atoms with Gasteiger partial charge in [0.25, 0.3) is 0 Å². The SMILES string of the molecule is CCCCCCCCC=CCCCCCCCCCC(=O)OC(COC(=O)CCCCCCCCCCCCCCCCCCC)COP(=O)(O)OCCN. The monoisotopic (exact) mass is 802 g/mol. The van der Waals surface area contributed by atoms with Crippen LogP contribution < -0.4 is 5.73 Å². The Balaban J connectivity index is 4.08. The van der Waals surface area contributed by atoms with Crippen molar-refractivity contribution in [3.63, 3.8) is 0 Å². The van der Waals surface area contributed by atoms with Gasteiger partial charge in [0, 0.05) is 19.4 Å². The van der Waals surface area contributed by atoms with Gasteiger partial charge in [0.2, 0.25) is 0 Å². The highest BCUT2D eigenvalue weighted by molar-refractivity contribution is 7.47. The molecule has 0 rings (SSSR count). The fourth-order valence-electron chi connectivity index (χ4n) is 6.69. The van der Waals surface area contributed by atoms with Crippen LogP contribution in [0.3, 0.4) is 0 Å². The molecule has 2 atom stereocenters. The van der Waals surface area contributed by atoms with Crippen LogP contribution in [0.4, 0.5) is 0 Å². The zero-order valence-corrected chi connectivity index (χ0v) is 36.8. The van der Waals surface area contributed by atoms with Crippen LogP contribution in [-0.4, -0.2) is 49.3 Å². The van der Waals surface area contributed by atoms with Gasteiger partial charge in [0.15, 0.2) is 6.10 Å². The smallest absolute Gasteiger partial charge is 0.462 e. The third-order valence-corrected chi connectivity index (χ3v) is 11.1. The van der Waals surface area contributed by atoms with E-state index in [1.165, 1.54) is 154 Å². The number of rotatable bonds is 44. The molecule has 0 aliphatic carbocycles. The maximum Gasteiger partial charge on any atom is 0.472 e. The number of hydrogen-bond acceptors (Lipinski definition) is 8. The Labute approximate surface area is 339 Å². The zero-order valence-electron chi connectivity index (χ0n) is 35.9. The van der Waals surface area contributed by atoms with Crippen molar-refractivity contribution in [2.24, 2.45) is 5.73 Å². The van der Waals surface area contributed by atoms with Gasteiger partial charge in [-0.15, -0.1) is 0 Å². The summed E-state index contributed by atoms with van der Waals surface area (Å²) in [7, 11) is -4.37. The van der Waals surface area contributed by atoms with Gasteiger partial charge in [-0.1, -0.05) is 193 Å². The summed E-state index contributed by atoms with van der Waals surface area (Å²) < 4.78 is 32.8. The van der Waals surface area contributed by atoms with Gasteiger partial charge in [0.1, 0.15) is 6.61 Å². The predicted octanol–water partition coefficient (Wildman–Crippen LogP) is 13.4. The molecular formula is C45H88NO8P. The third kappa shape index (κ3) is 42.2. The number of carbonyl (C=O) groups excluding carboxylic acids is 2. The van der Waals surface area contributed by atoms with E-state index in [4.69, 9.17) is 24.3 Å². The number of unbranched alkanes of at least 4 members (excludes halogenated alkanes) is 29. The van der Waals surface area contributed by atoms with Crippen molar-refractivity contribution < 1.29 is 37.6 Å². The maximum absolute atomic E-state index is 12.6. The summed E-state index contributed by atoms with van der Waals surface area (Å²) in [5, 5.41) is 0. The number of phosphoric ester groups is 1. The number of ether oxygens (including phenoxy) is 2. The van der Waals surface area contributed by atoms with Crippen molar-refractivity contribution in [1.29, 1.82) is 0 Å². The van der Waals surface area contributed by atoms with E-state index < -0.39 is 26.5 Å². The highest BCUT2D eigenvalue weighted by atomic mass is 31.2. The van der Waals surface area contributed by atoms with Gasteiger partial charge in [-0.05, 0) is 38.5 Å². The zero-order chi connectivity index (χ0) is 40.3. The molecule has 0 aromatic heterocycles. The number of phosphoric acid groups is 1. The second-order valence-corrected chi connectivity index (χ2v) is 17.1. The van der Waals surface area contributed by atoms with Gasteiger partial charge in [-0.2, -0.15) is 0 Å². The van der Waals surface area contributed by atoms with Crippen molar-refractivity contribution in [2.75, 3.05) is 26.4 Å². The van der Waals surface area contributed by atoms with Crippen molar-refractivity contribution in [3.8, 4) is 0 Å². The van der Waals surface area contributed by atoms with Gasteiger partial charge >= 0.3 is 19.8 Å². The molecule has 0 aliphatic rings. The maximum atomic E-state index is 12.6. The summed E-state index contributed by atoms with van der Waals surface area (Å²) in [4.78, 5) is 34.9. The first-order chi connectivity index (χ1) is 26.8. The van der Waals surface area contributed by atoms with Crippen LogP contribution in [0.15, 0.2) is 12.2 Å².